The molecule has 0 bridgehead atoms. The molecule has 0 fully saturated rings. The highest BCUT2D eigenvalue weighted by atomic mass is 35.5. The average molecular weight is 406 g/mol. The molecule has 0 radical (unpaired) electrons. The standard InChI is InChI=1S/C18H14ClF2N5O2/c19-12-6-14(21)13(20)5-11(12)17(27)24-16-7-15(25-26-16)18(28)23-8-9-1-3-10(22)4-2-9/h1-7H,8,22H2,(H,23,28)(H2,24,25,26,27). The van der Waals surface area contributed by atoms with Gasteiger partial charge in [-0.25, -0.2) is 8.78 Å². The van der Waals surface area contributed by atoms with Gasteiger partial charge in [0.15, 0.2) is 17.3 Å². The van der Waals surface area contributed by atoms with E-state index in [9.17, 15) is 18.4 Å². The van der Waals surface area contributed by atoms with Crippen LogP contribution in [0.1, 0.15) is 26.4 Å². The van der Waals surface area contributed by atoms with Crippen molar-refractivity contribution in [1.29, 1.82) is 0 Å². The van der Waals surface area contributed by atoms with Crippen molar-refractivity contribution in [2.45, 2.75) is 6.54 Å². The minimum absolute atomic E-state index is 0.0297. The average Bonchev–Trinajstić information content (AvgIpc) is 3.12. The number of nitrogens with two attached hydrogens (primary N) is 1. The van der Waals surface area contributed by atoms with E-state index in [1.54, 1.807) is 24.3 Å². The Morgan fingerprint density at radius 3 is 2.46 bits per heavy atom. The summed E-state index contributed by atoms with van der Waals surface area (Å²) in [5, 5.41) is 11.1. The third-order valence-corrected chi connectivity index (χ3v) is 4.06. The molecule has 0 unspecified atom stereocenters. The van der Waals surface area contributed by atoms with E-state index in [4.69, 9.17) is 17.3 Å². The molecule has 5 N–H and O–H groups in total. The van der Waals surface area contributed by atoms with Crippen molar-refractivity contribution in [3.63, 3.8) is 0 Å². The van der Waals surface area contributed by atoms with E-state index in [1.165, 1.54) is 6.07 Å². The molecule has 2 aromatic carbocycles. The van der Waals surface area contributed by atoms with Crippen LogP contribution < -0.4 is 16.4 Å². The van der Waals surface area contributed by atoms with Gasteiger partial charge in [-0.3, -0.25) is 14.7 Å². The number of carbonyl (C=O) groups is 2. The first-order chi connectivity index (χ1) is 13.3. The molecule has 144 valence electrons. The van der Waals surface area contributed by atoms with E-state index in [0.29, 0.717) is 17.8 Å². The van der Waals surface area contributed by atoms with Crippen molar-refractivity contribution in [1.82, 2.24) is 15.5 Å². The van der Waals surface area contributed by atoms with Crippen LogP contribution in [-0.2, 0) is 6.54 Å². The second-order valence-electron chi connectivity index (χ2n) is 5.79. The molecule has 0 aliphatic heterocycles. The van der Waals surface area contributed by atoms with Gasteiger partial charge in [0.1, 0.15) is 5.82 Å². The number of halogens is 3. The number of aromatic nitrogens is 2. The number of amides is 2. The van der Waals surface area contributed by atoms with Gasteiger partial charge in [0.2, 0.25) is 0 Å². The molecule has 3 aromatic rings. The fraction of sp³-hybridized carbons (Fsp3) is 0.0556. The quantitative estimate of drug-likeness (QED) is 0.386. The largest absolute Gasteiger partial charge is 0.399 e. The minimum Gasteiger partial charge on any atom is -0.399 e. The van der Waals surface area contributed by atoms with Gasteiger partial charge in [-0.15, -0.1) is 0 Å². The fourth-order valence-electron chi connectivity index (χ4n) is 2.30. The van der Waals surface area contributed by atoms with Gasteiger partial charge in [-0.05, 0) is 29.8 Å². The molecule has 0 saturated carbocycles. The van der Waals surface area contributed by atoms with Crippen LogP contribution in [0.4, 0.5) is 20.3 Å². The highest BCUT2D eigenvalue weighted by Gasteiger charge is 2.17. The Bertz CT molecular complexity index is 1040. The SMILES string of the molecule is Nc1ccc(CNC(=O)c2cc(NC(=O)c3cc(F)c(F)cc3Cl)[nH]n2)cc1. The van der Waals surface area contributed by atoms with Gasteiger partial charge in [-0.1, -0.05) is 23.7 Å². The van der Waals surface area contributed by atoms with Crippen molar-refractivity contribution in [2.24, 2.45) is 0 Å². The zero-order valence-electron chi connectivity index (χ0n) is 14.2. The number of hydrogen-bond acceptors (Lipinski definition) is 4. The lowest BCUT2D eigenvalue weighted by atomic mass is 10.2. The maximum Gasteiger partial charge on any atom is 0.272 e. The van der Waals surface area contributed by atoms with Gasteiger partial charge in [0.25, 0.3) is 11.8 Å². The lowest BCUT2D eigenvalue weighted by Crippen LogP contribution is -2.23. The topological polar surface area (TPSA) is 113 Å². The van der Waals surface area contributed by atoms with Crippen LogP contribution in [0.25, 0.3) is 0 Å². The van der Waals surface area contributed by atoms with Crippen molar-refractivity contribution in [3.05, 3.63) is 75.9 Å². The predicted molar refractivity (Wildman–Crippen MR) is 99.9 cm³/mol. The van der Waals surface area contributed by atoms with Gasteiger partial charge in [0, 0.05) is 18.3 Å². The van der Waals surface area contributed by atoms with Gasteiger partial charge in [-0.2, -0.15) is 5.10 Å². The Balaban J connectivity index is 1.63. The zero-order chi connectivity index (χ0) is 20.3. The minimum atomic E-state index is -1.21. The van der Waals surface area contributed by atoms with Crippen LogP contribution in [0.3, 0.4) is 0 Å². The van der Waals surface area contributed by atoms with Crippen LogP contribution in [0, 0.1) is 11.6 Å². The zero-order valence-corrected chi connectivity index (χ0v) is 15.0. The van der Waals surface area contributed by atoms with E-state index < -0.39 is 23.4 Å². The molecule has 0 atom stereocenters. The van der Waals surface area contributed by atoms with E-state index in [0.717, 1.165) is 5.56 Å². The smallest absolute Gasteiger partial charge is 0.272 e. The molecule has 3 rings (SSSR count). The normalized spacial score (nSPS) is 10.5. The molecular formula is C18H14ClF2N5O2. The second-order valence-corrected chi connectivity index (χ2v) is 6.20. The van der Waals surface area contributed by atoms with E-state index >= 15 is 0 Å². The van der Waals surface area contributed by atoms with Crippen LogP contribution >= 0.6 is 11.6 Å². The monoisotopic (exact) mass is 405 g/mol. The molecule has 0 saturated heterocycles. The predicted octanol–water partition coefficient (Wildman–Crippen LogP) is 3.11. The maximum absolute atomic E-state index is 13.3. The lowest BCUT2D eigenvalue weighted by Gasteiger charge is -2.05. The summed E-state index contributed by atoms with van der Waals surface area (Å²) in [5.74, 6) is -3.55. The molecule has 0 spiro atoms. The summed E-state index contributed by atoms with van der Waals surface area (Å²) in [7, 11) is 0. The van der Waals surface area contributed by atoms with Gasteiger partial charge >= 0.3 is 0 Å². The Morgan fingerprint density at radius 1 is 1.07 bits per heavy atom. The first-order valence-corrected chi connectivity index (χ1v) is 8.35. The number of nitrogens with zero attached hydrogens (tertiary/aromatic N) is 1. The third kappa shape index (κ3) is 4.44. The van der Waals surface area contributed by atoms with E-state index in [1.807, 2.05) is 0 Å². The molecule has 1 aromatic heterocycles. The Kier molecular flexibility index (Phi) is 5.55. The number of H-pyrrole nitrogens is 1. The Morgan fingerprint density at radius 2 is 1.75 bits per heavy atom. The number of carbonyl (C=O) groups excluding carboxylic acids is 2. The van der Waals surface area contributed by atoms with Crippen LogP contribution in [0.15, 0.2) is 42.5 Å². The molecule has 2 amide bonds. The summed E-state index contributed by atoms with van der Waals surface area (Å²) >= 11 is 5.76. The molecule has 1 heterocycles. The molecule has 0 aliphatic rings. The molecular weight excluding hydrogens is 392 g/mol. The van der Waals surface area contributed by atoms with E-state index in [2.05, 4.69) is 20.8 Å². The van der Waals surface area contributed by atoms with Crippen molar-refractivity contribution >= 4 is 34.9 Å². The van der Waals surface area contributed by atoms with Crippen molar-refractivity contribution in [2.75, 3.05) is 11.1 Å². The lowest BCUT2D eigenvalue weighted by molar-refractivity contribution is 0.0945. The summed E-state index contributed by atoms with van der Waals surface area (Å²) in [5.41, 5.74) is 6.83. The number of nitrogen functional groups attached to an aromatic ring is 1. The first kappa shape index (κ1) is 19.3. The second kappa shape index (κ2) is 8.05. The van der Waals surface area contributed by atoms with Crippen LogP contribution in [0.5, 0.6) is 0 Å². The first-order valence-electron chi connectivity index (χ1n) is 7.97. The molecule has 10 heteroatoms. The maximum atomic E-state index is 13.3. The number of nitrogens with one attached hydrogen (secondary N) is 3. The van der Waals surface area contributed by atoms with Gasteiger partial charge in [0.05, 0.1) is 10.6 Å². The number of benzene rings is 2. The molecule has 7 nitrogen and oxygen atoms in total. The fourth-order valence-corrected chi connectivity index (χ4v) is 2.53. The molecule has 0 aliphatic carbocycles. The highest BCUT2D eigenvalue weighted by Crippen LogP contribution is 2.21. The summed E-state index contributed by atoms with van der Waals surface area (Å²) in [4.78, 5) is 24.3. The third-order valence-electron chi connectivity index (χ3n) is 3.75. The van der Waals surface area contributed by atoms with Crippen molar-refractivity contribution in [3.8, 4) is 0 Å². The van der Waals surface area contributed by atoms with Crippen LogP contribution in [-0.4, -0.2) is 22.0 Å². The summed E-state index contributed by atoms with van der Waals surface area (Å²) < 4.78 is 26.4. The number of hydrogen-bond donors (Lipinski definition) is 4. The number of rotatable bonds is 5. The number of anilines is 2. The summed E-state index contributed by atoms with van der Waals surface area (Å²) in [6.07, 6.45) is 0. The van der Waals surface area contributed by atoms with Crippen LogP contribution in [0.2, 0.25) is 5.02 Å². The number of aromatic amines is 1. The Labute approximate surface area is 162 Å². The van der Waals surface area contributed by atoms with Crippen molar-refractivity contribution < 1.29 is 18.4 Å². The summed E-state index contributed by atoms with van der Waals surface area (Å²) in [6.45, 7) is 0.262. The van der Waals surface area contributed by atoms with Gasteiger partial charge < -0.3 is 16.4 Å². The van der Waals surface area contributed by atoms with E-state index in [-0.39, 0.29) is 28.6 Å². The highest BCUT2D eigenvalue weighted by molar-refractivity contribution is 6.34. The summed E-state index contributed by atoms with van der Waals surface area (Å²) in [6, 6.07) is 9.66. The Hall–Kier alpha value is -3.46. The molecule has 28 heavy (non-hydrogen) atoms.